The first-order valence-electron chi connectivity index (χ1n) is 6.71. The Labute approximate surface area is 127 Å². The van der Waals surface area contributed by atoms with Crippen molar-refractivity contribution in [3.63, 3.8) is 0 Å². The second-order valence-corrected chi connectivity index (χ2v) is 5.58. The average Bonchev–Trinajstić information content (AvgIpc) is 2.92. The smallest absolute Gasteiger partial charge is 0.328 e. The molecule has 2 rings (SSSR count). The van der Waals surface area contributed by atoms with Gasteiger partial charge in [-0.2, -0.15) is 0 Å². The summed E-state index contributed by atoms with van der Waals surface area (Å²) < 4.78 is 6.67. The predicted molar refractivity (Wildman–Crippen MR) is 82.0 cm³/mol. The van der Waals surface area contributed by atoms with Gasteiger partial charge in [-0.25, -0.2) is 4.79 Å². The Morgan fingerprint density at radius 2 is 2.15 bits per heavy atom. The van der Waals surface area contributed by atoms with Gasteiger partial charge in [-0.1, -0.05) is 12.1 Å². The van der Waals surface area contributed by atoms with Crippen molar-refractivity contribution in [3.8, 4) is 5.75 Å². The fourth-order valence-electron chi connectivity index (χ4n) is 2.25. The fraction of sp³-hybridized carbons (Fsp3) is 0.400. The highest BCUT2D eigenvalue weighted by Gasteiger charge is 2.12. The van der Waals surface area contributed by atoms with E-state index in [0.717, 1.165) is 35.7 Å². The van der Waals surface area contributed by atoms with Gasteiger partial charge < -0.3 is 9.84 Å². The third kappa shape index (κ3) is 4.35. The molecule has 0 unspecified atom stereocenters. The maximum absolute atomic E-state index is 10.6. The third-order valence-corrected chi connectivity index (χ3v) is 3.88. The molecule has 1 aliphatic rings. The summed E-state index contributed by atoms with van der Waals surface area (Å²) in [6, 6.07) is 5.59. The van der Waals surface area contributed by atoms with Gasteiger partial charge in [0.05, 0.1) is 4.47 Å². The van der Waals surface area contributed by atoms with Crippen LogP contribution in [0.2, 0.25) is 0 Å². The zero-order valence-corrected chi connectivity index (χ0v) is 12.8. The first-order valence-corrected chi connectivity index (χ1v) is 7.51. The highest BCUT2D eigenvalue weighted by atomic mass is 79.9. The molecule has 1 heterocycles. The molecular formula is C15H18BrNO3. The van der Waals surface area contributed by atoms with Crippen LogP contribution in [-0.2, 0) is 4.79 Å². The summed E-state index contributed by atoms with van der Waals surface area (Å²) >= 11 is 3.45. The molecule has 0 spiro atoms. The molecule has 20 heavy (non-hydrogen) atoms. The Balaban J connectivity index is 1.99. The van der Waals surface area contributed by atoms with Gasteiger partial charge in [0.25, 0.3) is 0 Å². The van der Waals surface area contributed by atoms with Gasteiger partial charge in [0, 0.05) is 18.2 Å². The number of carboxylic acid groups (broad SMARTS) is 1. The van der Waals surface area contributed by atoms with Crippen LogP contribution in [0.1, 0.15) is 18.4 Å². The molecule has 1 fully saturated rings. The minimum atomic E-state index is -0.965. The van der Waals surface area contributed by atoms with Crippen LogP contribution < -0.4 is 4.74 Å². The molecule has 1 aliphatic heterocycles. The highest BCUT2D eigenvalue weighted by molar-refractivity contribution is 9.10. The lowest BCUT2D eigenvalue weighted by Gasteiger charge is -2.16. The molecule has 0 bridgehead atoms. The van der Waals surface area contributed by atoms with Crippen LogP contribution in [-0.4, -0.2) is 42.2 Å². The number of ether oxygens (including phenoxy) is 1. The van der Waals surface area contributed by atoms with Gasteiger partial charge in [0.1, 0.15) is 12.4 Å². The summed E-state index contributed by atoms with van der Waals surface area (Å²) in [5, 5.41) is 8.71. The van der Waals surface area contributed by atoms with Gasteiger partial charge in [-0.05, 0) is 54.0 Å². The van der Waals surface area contributed by atoms with Crippen molar-refractivity contribution in [2.45, 2.75) is 12.8 Å². The normalized spacial score (nSPS) is 15.8. The van der Waals surface area contributed by atoms with Crippen LogP contribution in [0.4, 0.5) is 0 Å². The Hall–Kier alpha value is -1.33. The van der Waals surface area contributed by atoms with E-state index in [1.54, 1.807) is 6.08 Å². The van der Waals surface area contributed by atoms with Crippen LogP contribution in [0.15, 0.2) is 28.7 Å². The number of para-hydroxylation sites is 1. The minimum absolute atomic E-state index is 0.608. The van der Waals surface area contributed by atoms with Crippen molar-refractivity contribution < 1.29 is 14.6 Å². The van der Waals surface area contributed by atoms with E-state index in [0.29, 0.717) is 12.4 Å². The molecule has 0 aromatic heterocycles. The van der Waals surface area contributed by atoms with E-state index < -0.39 is 5.97 Å². The standard InChI is InChI=1S/C15H18BrNO3/c16-13-5-3-4-12(6-7-14(18)19)15(13)20-11-10-17-8-1-2-9-17/h3-7H,1-2,8-11H2,(H,18,19). The van der Waals surface area contributed by atoms with Crippen molar-refractivity contribution in [1.29, 1.82) is 0 Å². The molecule has 1 aromatic carbocycles. The van der Waals surface area contributed by atoms with Crippen LogP contribution in [0.3, 0.4) is 0 Å². The fourth-order valence-corrected chi connectivity index (χ4v) is 2.75. The molecule has 1 aromatic rings. The molecule has 0 amide bonds. The molecule has 108 valence electrons. The Bertz CT molecular complexity index is 496. The lowest BCUT2D eigenvalue weighted by molar-refractivity contribution is -0.131. The van der Waals surface area contributed by atoms with Gasteiger partial charge in [0.2, 0.25) is 0 Å². The molecule has 4 nitrogen and oxygen atoms in total. The SMILES string of the molecule is O=C(O)C=Cc1cccc(Br)c1OCCN1CCCC1. The summed E-state index contributed by atoms with van der Waals surface area (Å²) in [7, 11) is 0. The summed E-state index contributed by atoms with van der Waals surface area (Å²) in [5.41, 5.74) is 0.767. The van der Waals surface area contributed by atoms with Crippen LogP contribution in [0.5, 0.6) is 5.75 Å². The number of rotatable bonds is 6. The zero-order valence-electron chi connectivity index (χ0n) is 11.2. The summed E-state index contributed by atoms with van der Waals surface area (Å²) in [6.07, 6.45) is 5.21. The molecule has 1 N–H and O–H groups in total. The van der Waals surface area contributed by atoms with Crippen LogP contribution >= 0.6 is 15.9 Å². The lowest BCUT2D eigenvalue weighted by Crippen LogP contribution is -2.25. The Morgan fingerprint density at radius 1 is 1.40 bits per heavy atom. The molecular weight excluding hydrogens is 322 g/mol. The Kier molecular flexibility index (Phi) is 5.61. The molecule has 0 radical (unpaired) electrons. The van der Waals surface area contributed by atoms with Gasteiger partial charge in [-0.3, -0.25) is 4.90 Å². The minimum Gasteiger partial charge on any atom is -0.490 e. The van der Waals surface area contributed by atoms with E-state index in [1.165, 1.54) is 12.8 Å². The monoisotopic (exact) mass is 339 g/mol. The van der Waals surface area contributed by atoms with Crippen molar-refractivity contribution in [1.82, 2.24) is 4.90 Å². The number of aliphatic carboxylic acids is 1. The van der Waals surface area contributed by atoms with Crippen LogP contribution in [0, 0.1) is 0 Å². The van der Waals surface area contributed by atoms with E-state index in [9.17, 15) is 4.79 Å². The van der Waals surface area contributed by atoms with Crippen LogP contribution in [0.25, 0.3) is 6.08 Å². The van der Waals surface area contributed by atoms with E-state index in [4.69, 9.17) is 9.84 Å². The molecule has 1 saturated heterocycles. The predicted octanol–water partition coefficient (Wildman–Crippen LogP) is 3.02. The summed E-state index contributed by atoms with van der Waals surface area (Å²) in [5.74, 6) is -0.266. The van der Waals surface area contributed by atoms with Crippen molar-refractivity contribution in [2.24, 2.45) is 0 Å². The summed E-state index contributed by atoms with van der Waals surface area (Å²) in [6.45, 7) is 3.80. The maximum Gasteiger partial charge on any atom is 0.328 e. The van der Waals surface area contributed by atoms with Gasteiger partial charge >= 0.3 is 5.97 Å². The summed E-state index contributed by atoms with van der Waals surface area (Å²) in [4.78, 5) is 13.0. The van der Waals surface area contributed by atoms with Crippen molar-refractivity contribution >= 4 is 28.0 Å². The zero-order chi connectivity index (χ0) is 14.4. The number of likely N-dealkylation sites (tertiary alicyclic amines) is 1. The largest absolute Gasteiger partial charge is 0.490 e. The lowest BCUT2D eigenvalue weighted by atomic mass is 10.2. The van der Waals surface area contributed by atoms with Gasteiger partial charge in [-0.15, -0.1) is 0 Å². The molecule has 0 saturated carbocycles. The van der Waals surface area contributed by atoms with Crippen molar-refractivity contribution in [2.75, 3.05) is 26.2 Å². The Morgan fingerprint density at radius 3 is 2.85 bits per heavy atom. The number of nitrogens with zero attached hydrogens (tertiary/aromatic N) is 1. The second-order valence-electron chi connectivity index (χ2n) is 4.73. The van der Waals surface area contributed by atoms with Crippen molar-refractivity contribution in [3.05, 3.63) is 34.3 Å². The van der Waals surface area contributed by atoms with E-state index >= 15 is 0 Å². The third-order valence-electron chi connectivity index (χ3n) is 3.26. The number of benzene rings is 1. The number of hydrogen-bond acceptors (Lipinski definition) is 3. The van der Waals surface area contributed by atoms with E-state index in [2.05, 4.69) is 20.8 Å². The number of carboxylic acids is 1. The average molecular weight is 340 g/mol. The quantitative estimate of drug-likeness (QED) is 0.809. The molecule has 0 atom stereocenters. The van der Waals surface area contributed by atoms with Gasteiger partial charge in [0.15, 0.2) is 0 Å². The number of halogens is 1. The maximum atomic E-state index is 10.6. The topological polar surface area (TPSA) is 49.8 Å². The molecule has 5 heteroatoms. The number of carbonyl (C=O) groups is 1. The molecule has 0 aliphatic carbocycles. The first-order chi connectivity index (χ1) is 9.66. The van der Waals surface area contributed by atoms with E-state index in [1.807, 2.05) is 18.2 Å². The first kappa shape index (κ1) is 15.1. The second kappa shape index (κ2) is 7.45. The highest BCUT2D eigenvalue weighted by Crippen LogP contribution is 2.30. The number of hydrogen-bond donors (Lipinski definition) is 1. The van der Waals surface area contributed by atoms with E-state index in [-0.39, 0.29) is 0 Å².